The molecule has 0 atom stereocenters. The number of nitrogens with zero attached hydrogens (tertiary/aromatic N) is 2. The van der Waals surface area contributed by atoms with E-state index in [2.05, 4.69) is 37.9 Å². The van der Waals surface area contributed by atoms with Gasteiger partial charge in [-0.15, -0.1) is 0 Å². The van der Waals surface area contributed by atoms with E-state index < -0.39 is 0 Å². The molecule has 1 aromatic heterocycles. The zero-order valence-electron chi connectivity index (χ0n) is 14.5. The Morgan fingerprint density at radius 2 is 1.61 bits per heavy atom. The van der Waals surface area contributed by atoms with Crippen molar-refractivity contribution in [2.24, 2.45) is 0 Å². The third-order valence-corrected chi connectivity index (χ3v) is 4.01. The number of benzene rings is 1. The molecule has 2 rings (SSSR count). The summed E-state index contributed by atoms with van der Waals surface area (Å²) in [6.07, 6.45) is 3.98. The molecule has 0 saturated carbocycles. The molecule has 0 saturated heterocycles. The fourth-order valence-electron chi connectivity index (χ4n) is 2.80. The first kappa shape index (κ1) is 17.3. The lowest BCUT2D eigenvalue weighted by Gasteiger charge is -2.30. The molecule has 0 radical (unpaired) electrons. The Labute approximate surface area is 139 Å². The van der Waals surface area contributed by atoms with Crippen molar-refractivity contribution >= 4 is 5.91 Å². The Morgan fingerprint density at radius 3 is 2.13 bits per heavy atom. The quantitative estimate of drug-likeness (QED) is 0.851. The molecular formula is C19H27N3O. The third kappa shape index (κ3) is 4.70. The molecule has 0 spiro atoms. The lowest BCUT2D eigenvalue weighted by Crippen LogP contribution is -2.42. The van der Waals surface area contributed by atoms with Crippen molar-refractivity contribution in [2.75, 3.05) is 13.1 Å². The Hall–Kier alpha value is -2.07. The number of hydrogen-bond donors (Lipinski definition) is 1. The molecule has 1 aromatic carbocycles. The zero-order chi connectivity index (χ0) is 16.8. The van der Waals surface area contributed by atoms with Gasteiger partial charge in [-0.2, -0.15) is 0 Å². The molecule has 124 valence electrons. The molecular weight excluding hydrogens is 286 g/mol. The first-order chi connectivity index (χ1) is 11.0. The van der Waals surface area contributed by atoms with Crippen LogP contribution >= 0.6 is 0 Å². The maximum atomic E-state index is 12.2. The average Bonchev–Trinajstić information content (AvgIpc) is 3.05. The summed E-state index contributed by atoms with van der Waals surface area (Å²) in [5, 5.41) is 3.01. The monoisotopic (exact) mass is 313 g/mol. The summed E-state index contributed by atoms with van der Waals surface area (Å²) >= 11 is 0. The first-order valence-corrected chi connectivity index (χ1v) is 8.26. The average molecular weight is 313 g/mol. The van der Waals surface area contributed by atoms with Crippen LogP contribution in [0.15, 0.2) is 48.8 Å². The van der Waals surface area contributed by atoms with Crippen LogP contribution in [0.5, 0.6) is 0 Å². The lowest BCUT2D eigenvalue weighted by atomic mass is 10.2. The maximum absolute atomic E-state index is 12.2. The van der Waals surface area contributed by atoms with Crippen LogP contribution < -0.4 is 5.32 Å². The molecule has 0 bridgehead atoms. The highest BCUT2D eigenvalue weighted by atomic mass is 16.1. The lowest BCUT2D eigenvalue weighted by molar-refractivity contribution is 0.0939. The van der Waals surface area contributed by atoms with Crippen LogP contribution in [0.4, 0.5) is 0 Å². The summed E-state index contributed by atoms with van der Waals surface area (Å²) in [6.45, 7) is 10.3. The van der Waals surface area contributed by atoms with E-state index in [4.69, 9.17) is 0 Å². The molecule has 23 heavy (non-hydrogen) atoms. The van der Waals surface area contributed by atoms with E-state index in [0.717, 1.165) is 12.2 Å². The summed E-state index contributed by atoms with van der Waals surface area (Å²) in [5.41, 5.74) is 1.75. The number of nitrogens with one attached hydrogen (secondary N) is 1. The van der Waals surface area contributed by atoms with E-state index in [1.54, 1.807) is 0 Å². The Bertz CT molecular complexity index is 592. The minimum absolute atomic E-state index is 0.0171. The van der Waals surface area contributed by atoms with Crippen LogP contribution in [0, 0.1) is 0 Å². The standard InChI is InChI=1S/C19H27N3O/c1-15(2)22(16(3)4)14-11-20-19(23)17-7-9-18(10-8-17)21-12-5-6-13-21/h5-10,12-13,15-16H,11,14H2,1-4H3,(H,20,23). The first-order valence-electron chi connectivity index (χ1n) is 8.26. The van der Waals surface area contributed by atoms with Gasteiger partial charge in [-0.05, 0) is 64.1 Å². The van der Waals surface area contributed by atoms with E-state index >= 15 is 0 Å². The van der Waals surface area contributed by atoms with Crippen LogP contribution in [0.1, 0.15) is 38.1 Å². The SMILES string of the molecule is CC(C)N(CCNC(=O)c1ccc(-n2cccc2)cc1)C(C)C. The minimum Gasteiger partial charge on any atom is -0.351 e. The summed E-state index contributed by atoms with van der Waals surface area (Å²) in [7, 11) is 0. The van der Waals surface area contributed by atoms with Gasteiger partial charge in [0.25, 0.3) is 5.91 Å². The summed E-state index contributed by atoms with van der Waals surface area (Å²) in [6, 6.07) is 12.6. The number of aromatic nitrogens is 1. The van der Waals surface area contributed by atoms with Crippen LogP contribution in [0.25, 0.3) is 5.69 Å². The van der Waals surface area contributed by atoms with E-state index in [1.165, 1.54) is 0 Å². The fraction of sp³-hybridized carbons (Fsp3) is 0.421. The molecule has 1 heterocycles. The van der Waals surface area contributed by atoms with Gasteiger partial charge in [0.05, 0.1) is 0 Å². The zero-order valence-corrected chi connectivity index (χ0v) is 14.5. The van der Waals surface area contributed by atoms with Gasteiger partial charge < -0.3 is 9.88 Å². The van der Waals surface area contributed by atoms with E-state index in [0.29, 0.717) is 24.2 Å². The summed E-state index contributed by atoms with van der Waals surface area (Å²) in [4.78, 5) is 14.6. The van der Waals surface area contributed by atoms with Gasteiger partial charge in [-0.25, -0.2) is 0 Å². The van der Waals surface area contributed by atoms with Crippen LogP contribution in [0.3, 0.4) is 0 Å². The van der Waals surface area contributed by atoms with Crippen LogP contribution in [0.2, 0.25) is 0 Å². The van der Waals surface area contributed by atoms with Crippen LogP contribution in [-0.4, -0.2) is 40.5 Å². The summed E-state index contributed by atoms with van der Waals surface area (Å²) < 4.78 is 2.02. The molecule has 4 heteroatoms. The maximum Gasteiger partial charge on any atom is 0.251 e. The highest BCUT2D eigenvalue weighted by Gasteiger charge is 2.13. The molecule has 0 aliphatic heterocycles. The fourth-order valence-corrected chi connectivity index (χ4v) is 2.80. The second-order valence-corrected chi connectivity index (χ2v) is 6.32. The van der Waals surface area contributed by atoms with E-state index in [9.17, 15) is 4.79 Å². The molecule has 0 aliphatic rings. The predicted octanol–water partition coefficient (Wildman–Crippen LogP) is 3.33. The van der Waals surface area contributed by atoms with E-state index in [-0.39, 0.29) is 5.91 Å². The molecule has 0 aliphatic carbocycles. The van der Waals surface area contributed by atoms with Crippen molar-refractivity contribution in [1.29, 1.82) is 0 Å². The molecule has 2 aromatic rings. The molecule has 0 fully saturated rings. The van der Waals surface area contributed by atoms with E-state index in [1.807, 2.05) is 53.4 Å². The number of rotatable bonds is 7. The molecule has 0 unspecified atom stereocenters. The number of amides is 1. The Morgan fingerprint density at radius 1 is 1.04 bits per heavy atom. The van der Waals surface area contributed by atoms with Gasteiger partial charge in [0.1, 0.15) is 0 Å². The molecule has 1 N–H and O–H groups in total. The number of hydrogen-bond acceptors (Lipinski definition) is 2. The van der Waals surface area contributed by atoms with Crippen LogP contribution in [-0.2, 0) is 0 Å². The molecule has 4 nitrogen and oxygen atoms in total. The number of carbonyl (C=O) groups is 1. The van der Waals surface area contributed by atoms with Gasteiger partial charge in [0, 0.05) is 48.8 Å². The third-order valence-electron chi connectivity index (χ3n) is 4.01. The predicted molar refractivity (Wildman–Crippen MR) is 95.1 cm³/mol. The topological polar surface area (TPSA) is 37.3 Å². The van der Waals surface area contributed by atoms with Gasteiger partial charge >= 0.3 is 0 Å². The highest BCUT2D eigenvalue weighted by molar-refractivity contribution is 5.94. The van der Waals surface area contributed by atoms with Crippen molar-refractivity contribution in [3.63, 3.8) is 0 Å². The summed E-state index contributed by atoms with van der Waals surface area (Å²) in [5.74, 6) is -0.0171. The van der Waals surface area contributed by atoms with Crippen molar-refractivity contribution in [2.45, 2.75) is 39.8 Å². The van der Waals surface area contributed by atoms with Crippen molar-refractivity contribution in [3.05, 3.63) is 54.4 Å². The number of carbonyl (C=O) groups excluding carboxylic acids is 1. The molecule has 1 amide bonds. The smallest absolute Gasteiger partial charge is 0.251 e. The largest absolute Gasteiger partial charge is 0.351 e. The highest BCUT2D eigenvalue weighted by Crippen LogP contribution is 2.10. The Balaban J connectivity index is 1.88. The van der Waals surface area contributed by atoms with Crippen molar-refractivity contribution < 1.29 is 4.79 Å². The van der Waals surface area contributed by atoms with Gasteiger partial charge in [-0.1, -0.05) is 0 Å². The minimum atomic E-state index is -0.0171. The van der Waals surface area contributed by atoms with Gasteiger partial charge in [-0.3, -0.25) is 9.69 Å². The van der Waals surface area contributed by atoms with Gasteiger partial charge in [0.2, 0.25) is 0 Å². The van der Waals surface area contributed by atoms with Gasteiger partial charge in [0.15, 0.2) is 0 Å². The Kier molecular flexibility index (Phi) is 5.99. The van der Waals surface area contributed by atoms with Crippen molar-refractivity contribution in [3.8, 4) is 5.69 Å². The second kappa shape index (κ2) is 7.97. The normalized spacial score (nSPS) is 11.4. The van der Waals surface area contributed by atoms with Crippen molar-refractivity contribution in [1.82, 2.24) is 14.8 Å². The second-order valence-electron chi connectivity index (χ2n) is 6.32.